The van der Waals surface area contributed by atoms with Crippen LogP contribution in [0.5, 0.6) is 0 Å². The third kappa shape index (κ3) is 5.02. The Morgan fingerprint density at radius 3 is 2.78 bits per heavy atom. The molecule has 0 aliphatic rings. The topological polar surface area (TPSA) is 38.3 Å². The van der Waals surface area contributed by atoms with Gasteiger partial charge in [0.15, 0.2) is 0 Å². The highest BCUT2D eigenvalue weighted by atomic mass is 35.5. The summed E-state index contributed by atoms with van der Waals surface area (Å²) in [6, 6.07) is 4.75. The first-order chi connectivity index (χ1) is 8.54. The van der Waals surface area contributed by atoms with Crippen LogP contribution >= 0.6 is 34.8 Å². The number of amides is 1. The van der Waals surface area contributed by atoms with Crippen LogP contribution in [0, 0.1) is 0 Å². The van der Waals surface area contributed by atoms with Crippen LogP contribution in [0.2, 0.25) is 10.0 Å². The lowest BCUT2D eigenvalue weighted by atomic mass is 10.2. The Labute approximate surface area is 121 Å². The average molecular weight is 311 g/mol. The lowest BCUT2D eigenvalue weighted by Gasteiger charge is -2.10. The zero-order valence-electron chi connectivity index (χ0n) is 9.88. The van der Waals surface area contributed by atoms with Crippen LogP contribution in [-0.2, 0) is 4.74 Å². The molecular formula is C12H14Cl3NO2. The molecule has 0 aromatic heterocycles. The number of hydrogen-bond donors (Lipinski definition) is 1. The third-order valence-electron chi connectivity index (χ3n) is 2.27. The minimum Gasteiger partial charge on any atom is -0.383 e. The molecule has 0 spiro atoms. The molecule has 0 saturated carbocycles. The van der Waals surface area contributed by atoms with Crippen molar-refractivity contribution in [3.63, 3.8) is 0 Å². The van der Waals surface area contributed by atoms with Crippen LogP contribution in [0.25, 0.3) is 0 Å². The molecule has 18 heavy (non-hydrogen) atoms. The summed E-state index contributed by atoms with van der Waals surface area (Å²) in [4.78, 5) is 11.8. The quantitative estimate of drug-likeness (QED) is 0.818. The molecule has 1 N–H and O–H groups in total. The Morgan fingerprint density at radius 1 is 1.44 bits per heavy atom. The van der Waals surface area contributed by atoms with Crippen molar-refractivity contribution in [3.05, 3.63) is 33.8 Å². The van der Waals surface area contributed by atoms with Gasteiger partial charge < -0.3 is 10.1 Å². The van der Waals surface area contributed by atoms with Gasteiger partial charge in [0.1, 0.15) is 0 Å². The van der Waals surface area contributed by atoms with Crippen molar-refractivity contribution in [1.82, 2.24) is 5.32 Å². The molecule has 0 aliphatic heterocycles. The van der Waals surface area contributed by atoms with Gasteiger partial charge in [-0.05, 0) is 24.6 Å². The van der Waals surface area contributed by atoms with Crippen molar-refractivity contribution in [1.29, 1.82) is 0 Å². The van der Waals surface area contributed by atoms with Gasteiger partial charge in [-0.2, -0.15) is 0 Å². The van der Waals surface area contributed by atoms with Gasteiger partial charge in [-0.15, -0.1) is 11.6 Å². The van der Waals surface area contributed by atoms with Crippen molar-refractivity contribution in [2.24, 2.45) is 0 Å². The van der Waals surface area contributed by atoms with E-state index < -0.39 is 0 Å². The molecular weight excluding hydrogens is 296 g/mol. The van der Waals surface area contributed by atoms with E-state index in [0.717, 1.165) is 0 Å². The second kappa shape index (κ2) is 7.85. The van der Waals surface area contributed by atoms with Crippen molar-refractivity contribution in [2.75, 3.05) is 20.3 Å². The summed E-state index contributed by atoms with van der Waals surface area (Å²) in [5.74, 6) is -0.238. The number of ether oxygens (including phenoxy) is 1. The number of rotatable bonds is 6. The number of nitrogens with one attached hydrogen (secondary N) is 1. The molecule has 1 unspecified atom stereocenters. The molecule has 0 radical (unpaired) electrons. The molecule has 0 saturated heterocycles. The highest BCUT2D eigenvalue weighted by molar-refractivity contribution is 6.36. The fourth-order valence-corrected chi connectivity index (χ4v) is 2.10. The number of benzene rings is 1. The number of carbonyl (C=O) groups excluding carboxylic acids is 1. The molecule has 1 atom stereocenters. The van der Waals surface area contributed by atoms with Crippen LogP contribution in [0.4, 0.5) is 0 Å². The molecule has 0 bridgehead atoms. The van der Waals surface area contributed by atoms with E-state index in [9.17, 15) is 4.79 Å². The minimum atomic E-state index is -0.238. The van der Waals surface area contributed by atoms with Gasteiger partial charge in [-0.25, -0.2) is 0 Å². The predicted octanol–water partition coefficient (Wildman–Crippen LogP) is 3.37. The largest absolute Gasteiger partial charge is 0.383 e. The maximum atomic E-state index is 11.8. The zero-order valence-corrected chi connectivity index (χ0v) is 12.1. The van der Waals surface area contributed by atoms with Gasteiger partial charge >= 0.3 is 0 Å². The molecule has 0 heterocycles. The Bertz CT molecular complexity index is 412. The third-order valence-corrected chi connectivity index (χ3v) is 3.16. The van der Waals surface area contributed by atoms with E-state index in [-0.39, 0.29) is 11.3 Å². The monoisotopic (exact) mass is 309 g/mol. The minimum absolute atomic E-state index is 0.115. The van der Waals surface area contributed by atoms with Crippen molar-refractivity contribution in [2.45, 2.75) is 11.8 Å². The summed E-state index contributed by atoms with van der Waals surface area (Å²) in [6.45, 7) is 0.925. The number of carbonyl (C=O) groups is 1. The fraction of sp³-hybridized carbons (Fsp3) is 0.417. The molecule has 1 aromatic rings. The maximum Gasteiger partial charge on any atom is 0.252 e. The normalized spacial score (nSPS) is 12.2. The number of methoxy groups -OCH3 is 1. The van der Waals surface area contributed by atoms with E-state index in [1.165, 1.54) is 6.07 Å². The SMILES string of the molecule is COCC(Cl)CCNC(=O)c1ccc(Cl)cc1Cl. The summed E-state index contributed by atoms with van der Waals surface area (Å²) in [6.07, 6.45) is 0.631. The van der Waals surface area contributed by atoms with Gasteiger partial charge in [0.2, 0.25) is 0 Å². The summed E-state index contributed by atoms with van der Waals surface area (Å²) < 4.78 is 4.90. The van der Waals surface area contributed by atoms with Gasteiger partial charge in [-0.1, -0.05) is 23.2 Å². The summed E-state index contributed by atoms with van der Waals surface area (Å²) in [7, 11) is 1.58. The number of hydrogen-bond acceptors (Lipinski definition) is 2. The van der Waals surface area contributed by atoms with E-state index in [1.807, 2.05) is 0 Å². The smallest absolute Gasteiger partial charge is 0.252 e. The number of alkyl halides is 1. The van der Waals surface area contributed by atoms with Crippen LogP contribution < -0.4 is 5.32 Å². The van der Waals surface area contributed by atoms with Crippen LogP contribution in [0.1, 0.15) is 16.8 Å². The predicted molar refractivity (Wildman–Crippen MR) is 74.9 cm³/mol. The highest BCUT2D eigenvalue weighted by Crippen LogP contribution is 2.20. The van der Waals surface area contributed by atoms with E-state index in [4.69, 9.17) is 39.5 Å². The van der Waals surface area contributed by atoms with Crippen LogP contribution in [0.15, 0.2) is 18.2 Å². The van der Waals surface area contributed by atoms with Crippen LogP contribution in [0.3, 0.4) is 0 Å². The average Bonchev–Trinajstić information content (AvgIpc) is 2.29. The lowest BCUT2D eigenvalue weighted by Crippen LogP contribution is -2.27. The van der Waals surface area contributed by atoms with E-state index >= 15 is 0 Å². The fourth-order valence-electron chi connectivity index (χ4n) is 1.38. The van der Waals surface area contributed by atoms with Gasteiger partial charge in [0.05, 0.1) is 22.6 Å². The van der Waals surface area contributed by atoms with Gasteiger partial charge in [0, 0.05) is 18.7 Å². The van der Waals surface area contributed by atoms with Gasteiger partial charge in [-0.3, -0.25) is 4.79 Å². The standard InChI is InChI=1S/C12H14Cl3NO2/c1-18-7-9(14)4-5-16-12(17)10-3-2-8(13)6-11(10)15/h2-3,6,9H,4-5,7H2,1H3,(H,16,17). The molecule has 1 rings (SSSR count). The van der Waals surface area contributed by atoms with Crippen molar-refractivity contribution >= 4 is 40.7 Å². The Morgan fingerprint density at radius 2 is 2.17 bits per heavy atom. The zero-order chi connectivity index (χ0) is 13.5. The summed E-state index contributed by atoms with van der Waals surface area (Å²) >= 11 is 17.6. The van der Waals surface area contributed by atoms with E-state index in [0.29, 0.717) is 35.2 Å². The lowest BCUT2D eigenvalue weighted by molar-refractivity contribution is 0.0952. The van der Waals surface area contributed by atoms with Crippen molar-refractivity contribution in [3.8, 4) is 0 Å². The van der Waals surface area contributed by atoms with Crippen LogP contribution in [-0.4, -0.2) is 31.5 Å². The van der Waals surface area contributed by atoms with Gasteiger partial charge in [0.25, 0.3) is 5.91 Å². The summed E-state index contributed by atoms with van der Waals surface area (Å²) in [5.41, 5.74) is 0.402. The molecule has 3 nitrogen and oxygen atoms in total. The first-order valence-corrected chi connectivity index (χ1v) is 6.60. The highest BCUT2D eigenvalue weighted by Gasteiger charge is 2.11. The van der Waals surface area contributed by atoms with E-state index in [1.54, 1.807) is 19.2 Å². The first kappa shape index (κ1) is 15.6. The second-order valence-corrected chi connectivity index (χ2v) is 5.18. The first-order valence-electron chi connectivity index (χ1n) is 5.41. The summed E-state index contributed by atoms with van der Waals surface area (Å²) in [5, 5.41) is 3.46. The van der Waals surface area contributed by atoms with E-state index in [2.05, 4.69) is 5.32 Å². The molecule has 100 valence electrons. The number of halogens is 3. The maximum absolute atomic E-state index is 11.8. The molecule has 1 amide bonds. The van der Waals surface area contributed by atoms with Crippen molar-refractivity contribution < 1.29 is 9.53 Å². The molecule has 1 aromatic carbocycles. The Balaban J connectivity index is 2.45. The Hall–Kier alpha value is -0.480. The molecule has 6 heteroatoms. The molecule has 0 fully saturated rings. The second-order valence-electron chi connectivity index (χ2n) is 3.72. The Kier molecular flexibility index (Phi) is 6.79. The molecule has 0 aliphatic carbocycles.